The van der Waals surface area contributed by atoms with Crippen molar-refractivity contribution in [3.05, 3.63) is 109 Å². The van der Waals surface area contributed by atoms with E-state index in [0.29, 0.717) is 0 Å². The molecule has 0 heteroatoms. The molecule has 0 heterocycles. The SMILES string of the molecule is C1=CCCCCCC1.C=CCCCCCCC=Cc1ccccc1.C=Cc1ccccc1. The number of hydrogen-bond acceptors (Lipinski definition) is 0. The Bertz CT molecular complexity index is 711. The summed E-state index contributed by atoms with van der Waals surface area (Å²) in [6.07, 6.45) is 29.0. The van der Waals surface area contributed by atoms with Crippen LogP contribution >= 0.6 is 0 Å². The van der Waals surface area contributed by atoms with Crippen LogP contribution in [0, 0.1) is 0 Å². The molecule has 0 spiro atoms. The first-order valence-electron chi connectivity index (χ1n) is 12.5. The van der Waals surface area contributed by atoms with Crippen molar-refractivity contribution < 1.29 is 0 Å². The Morgan fingerprint density at radius 2 is 1.12 bits per heavy atom. The predicted octanol–water partition coefficient (Wildman–Crippen LogP) is 10.5. The molecule has 172 valence electrons. The monoisotopic (exact) mass is 428 g/mol. The van der Waals surface area contributed by atoms with Crippen LogP contribution in [0.1, 0.15) is 88.2 Å². The Hall–Kier alpha value is -2.60. The van der Waals surface area contributed by atoms with Crippen LogP contribution in [-0.4, -0.2) is 0 Å². The van der Waals surface area contributed by atoms with Crippen molar-refractivity contribution in [3.63, 3.8) is 0 Å². The lowest BCUT2D eigenvalue weighted by atomic mass is 10.1. The summed E-state index contributed by atoms with van der Waals surface area (Å²) < 4.78 is 0. The van der Waals surface area contributed by atoms with Gasteiger partial charge in [0, 0.05) is 0 Å². The maximum absolute atomic E-state index is 3.73. The molecule has 0 aliphatic heterocycles. The van der Waals surface area contributed by atoms with E-state index in [-0.39, 0.29) is 0 Å². The molecular weight excluding hydrogens is 384 g/mol. The van der Waals surface area contributed by atoms with Crippen molar-refractivity contribution in [1.82, 2.24) is 0 Å². The van der Waals surface area contributed by atoms with Crippen LogP contribution in [0.4, 0.5) is 0 Å². The van der Waals surface area contributed by atoms with Crippen LogP contribution in [0.5, 0.6) is 0 Å². The maximum atomic E-state index is 3.73. The fourth-order valence-electron chi connectivity index (χ4n) is 3.39. The number of rotatable bonds is 9. The second-order valence-electron chi connectivity index (χ2n) is 8.17. The molecule has 3 rings (SSSR count). The molecule has 0 nitrogen and oxygen atoms in total. The van der Waals surface area contributed by atoms with E-state index in [4.69, 9.17) is 0 Å². The van der Waals surface area contributed by atoms with Gasteiger partial charge in [-0.15, -0.1) is 6.58 Å². The fourth-order valence-corrected chi connectivity index (χ4v) is 3.39. The Kier molecular flexibility index (Phi) is 18.5. The van der Waals surface area contributed by atoms with Gasteiger partial charge in [-0.2, -0.15) is 0 Å². The normalized spacial score (nSPS) is 13.0. The van der Waals surface area contributed by atoms with Crippen LogP contribution in [0.15, 0.2) is 98.1 Å². The van der Waals surface area contributed by atoms with Gasteiger partial charge < -0.3 is 0 Å². The van der Waals surface area contributed by atoms with Gasteiger partial charge >= 0.3 is 0 Å². The van der Waals surface area contributed by atoms with Gasteiger partial charge in [-0.1, -0.05) is 129 Å². The standard InChI is InChI=1S/C16H22.C8H8.C8H14/c1-2-3-4-5-6-7-8-10-13-16-14-11-9-12-15-16;1-2-8-6-4-3-5-7-8;1-2-4-6-8-7-5-3-1/h2,9-15H,1,3-8H2;2-7H,1H2;1-2H,3-8H2. The molecule has 2 aromatic rings. The molecule has 0 amide bonds. The largest absolute Gasteiger partial charge is 0.103 e. The highest BCUT2D eigenvalue weighted by molar-refractivity contribution is 5.48. The number of allylic oxidation sites excluding steroid dienone is 4. The smallest absolute Gasteiger partial charge is 0.0260 e. The molecule has 0 bridgehead atoms. The summed E-state index contributed by atoms with van der Waals surface area (Å²) in [5.74, 6) is 0. The minimum absolute atomic E-state index is 1.17. The molecule has 0 unspecified atom stereocenters. The fraction of sp³-hybridized carbons (Fsp3) is 0.375. The minimum Gasteiger partial charge on any atom is -0.103 e. The Morgan fingerprint density at radius 3 is 1.62 bits per heavy atom. The third-order valence-electron chi connectivity index (χ3n) is 5.33. The highest BCUT2D eigenvalue weighted by Gasteiger charge is 1.90. The molecule has 2 aromatic carbocycles. The Balaban J connectivity index is 0.000000267. The summed E-state index contributed by atoms with van der Waals surface area (Å²) in [7, 11) is 0. The number of unbranched alkanes of at least 4 members (excludes halogenated alkanes) is 5. The van der Waals surface area contributed by atoms with Crippen LogP contribution < -0.4 is 0 Å². The first kappa shape index (κ1) is 27.4. The predicted molar refractivity (Wildman–Crippen MR) is 147 cm³/mol. The first-order valence-corrected chi connectivity index (χ1v) is 12.5. The lowest BCUT2D eigenvalue weighted by Crippen LogP contribution is -1.80. The third-order valence-corrected chi connectivity index (χ3v) is 5.33. The average molecular weight is 429 g/mol. The van der Waals surface area contributed by atoms with Crippen molar-refractivity contribution in [1.29, 1.82) is 0 Å². The van der Waals surface area contributed by atoms with Gasteiger partial charge in [0.15, 0.2) is 0 Å². The molecule has 0 saturated heterocycles. The van der Waals surface area contributed by atoms with Gasteiger partial charge in [-0.3, -0.25) is 0 Å². The molecular formula is C32H44. The van der Waals surface area contributed by atoms with E-state index in [0.717, 1.165) is 0 Å². The van der Waals surface area contributed by atoms with Crippen LogP contribution in [0.3, 0.4) is 0 Å². The first-order chi connectivity index (χ1) is 15.9. The van der Waals surface area contributed by atoms with E-state index in [9.17, 15) is 0 Å². The van der Waals surface area contributed by atoms with Gasteiger partial charge in [0.2, 0.25) is 0 Å². The molecule has 1 aliphatic rings. The number of hydrogen-bond donors (Lipinski definition) is 0. The van der Waals surface area contributed by atoms with Gasteiger partial charge in [0.25, 0.3) is 0 Å². The summed E-state index contributed by atoms with van der Waals surface area (Å²) in [6, 6.07) is 20.5. The summed E-state index contributed by atoms with van der Waals surface area (Å²) in [6.45, 7) is 7.36. The van der Waals surface area contributed by atoms with E-state index >= 15 is 0 Å². The third kappa shape index (κ3) is 17.1. The lowest BCUT2D eigenvalue weighted by Gasteiger charge is -2.00. The van der Waals surface area contributed by atoms with E-state index in [1.807, 2.05) is 42.5 Å². The van der Waals surface area contributed by atoms with Gasteiger partial charge in [-0.05, 0) is 62.5 Å². The van der Waals surface area contributed by atoms with Gasteiger partial charge in [0.1, 0.15) is 0 Å². The molecule has 1 aliphatic carbocycles. The number of benzene rings is 2. The quantitative estimate of drug-likeness (QED) is 0.275. The molecule has 0 radical (unpaired) electrons. The van der Waals surface area contributed by atoms with Crippen molar-refractivity contribution in [3.8, 4) is 0 Å². The molecule has 0 saturated carbocycles. The summed E-state index contributed by atoms with van der Waals surface area (Å²) in [4.78, 5) is 0. The summed E-state index contributed by atoms with van der Waals surface area (Å²) in [5, 5.41) is 0. The van der Waals surface area contributed by atoms with E-state index in [1.54, 1.807) is 0 Å². The molecule has 32 heavy (non-hydrogen) atoms. The summed E-state index contributed by atoms with van der Waals surface area (Å²) >= 11 is 0. The zero-order valence-electron chi connectivity index (χ0n) is 20.1. The second kappa shape index (κ2) is 21.6. The Morgan fingerprint density at radius 1 is 0.594 bits per heavy atom. The Labute approximate surface area is 198 Å². The van der Waals surface area contributed by atoms with E-state index in [1.165, 1.54) is 88.2 Å². The van der Waals surface area contributed by atoms with E-state index < -0.39 is 0 Å². The molecule has 0 aromatic heterocycles. The van der Waals surface area contributed by atoms with Crippen molar-refractivity contribution in [2.45, 2.75) is 77.0 Å². The molecule has 0 N–H and O–H groups in total. The van der Waals surface area contributed by atoms with Gasteiger partial charge in [-0.25, -0.2) is 0 Å². The minimum atomic E-state index is 1.17. The molecule has 0 atom stereocenters. The zero-order valence-corrected chi connectivity index (χ0v) is 20.1. The molecule has 0 fully saturated rings. The van der Waals surface area contributed by atoms with Crippen LogP contribution in [0.25, 0.3) is 12.2 Å². The topological polar surface area (TPSA) is 0 Å². The van der Waals surface area contributed by atoms with Crippen LogP contribution in [0.2, 0.25) is 0 Å². The lowest BCUT2D eigenvalue weighted by molar-refractivity contribution is 0.638. The van der Waals surface area contributed by atoms with E-state index in [2.05, 4.69) is 67.8 Å². The second-order valence-corrected chi connectivity index (χ2v) is 8.17. The van der Waals surface area contributed by atoms with Crippen molar-refractivity contribution in [2.75, 3.05) is 0 Å². The van der Waals surface area contributed by atoms with Crippen molar-refractivity contribution in [2.24, 2.45) is 0 Å². The van der Waals surface area contributed by atoms with Gasteiger partial charge in [0.05, 0.1) is 0 Å². The van der Waals surface area contributed by atoms with Crippen molar-refractivity contribution >= 4 is 12.2 Å². The average Bonchev–Trinajstić information content (AvgIpc) is 2.82. The summed E-state index contributed by atoms with van der Waals surface area (Å²) in [5.41, 5.74) is 2.47. The van der Waals surface area contributed by atoms with Crippen LogP contribution in [-0.2, 0) is 0 Å². The maximum Gasteiger partial charge on any atom is -0.0260 e. The zero-order chi connectivity index (χ0) is 23.0. The highest BCUT2D eigenvalue weighted by atomic mass is 14.0. The highest BCUT2D eigenvalue weighted by Crippen LogP contribution is 2.10.